The molecule has 1 fully saturated rings. The SMILES string of the molecule is Nc1cnc2ccoc2c1NC1CCCCC1(F)F. The zero-order chi connectivity index (χ0) is 13.5. The average molecular weight is 267 g/mol. The van der Waals surface area contributed by atoms with E-state index in [2.05, 4.69) is 10.3 Å². The number of pyridine rings is 1. The molecule has 4 nitrogen and oxygen atoms in total. The van der Waals surface area contributed by atoms with Crippen LogP contribution < -0.4 is 11.1 Å². The Labute approximate surface area is 109 Å². The number of halogens is 2. The van der Waals surface area contributed by atoms with Crippen LogP contribution in [-0.4, -0.2) is 16.9 Å². The largest absolute Gasteiger partial charge is 0.460 e. The number of rotatable bonds is 2. The monoisotopic (exact) mass is 267 g/mol. The number of nitrogen functional groups attached to an aromatic ring is 1. The molecule has 19 heavy (non-hydrogen) atoms. The van der Waals surface area contributed by atoms with E-state index in [0.717, 1.165) is 6.42 Å². The number of fused-ring (bicyclic) bond motifs is 1. The number of nitrogens with zero attached hydrogens (tertiary/aromatic N) is 1. The van der Waals surface area contributed by atoms with Crippen molar-refractivity contribution in [2.75, 3.05) is 11.1 Å². The van der Waals surface area contributed by atoms with Gasteiger partial charge in [-0.2, -0.15) is 0 Å². The summed E-state index contributed by atoms with van der Waals surface area (Å²) < 4.78 is 33.0. The first-order valence-corrected chi connectivity index (χ1v) is 6.34. The molecular weight excluding hydrogens is 252 g/mol. The zero-order valence-electron chi connectivity index (χ0n) is 10.3. The summed E-state index contributed by atoms with van der Waals surface area (Å²) in [5, 5.41) is 2.86. The van der Waals surface area contributed by atoms with Gasteiger partial charge in [-0.1, -0.05) is 6.42 Å². The van der Waals surface area contributed by atoms with E-state index in [1.807, 2.05) is 0 Å². The van der Waals surface area contributed by atoms with Crippen LogP contribution in [0.2, 0.25) is 0 Å². The Hall–Kier alpha value is -1.85. The van der Waals surface area contributed by atoms with Gasteiger partial charge in [0, 0.05) is 12.5 Å². The molecule has 0 aliphatic heterocycles. The summed E-state index contributed by atoms with van der Waals surface area (Å²) >= 11 is 0. The second kappa shape index (κ2) is 4.36. The third-order valence-corrected chi connectivity index (χ3v) is 3.58. The third-order valence-electron chi connectivity index (χ3n) is 3.58. The van der Waals surface area contributed by atoms with Gasteiger partial charge in [0.05, 0.1) is 24.2 Å². The molecule has 102 valence electrons. The van der Waals surface area contributed by atoms with Gasteiger partial charge in [-0.15, -0.1) is 0 Å². The predicted molar refractivity (Wildman–Crippen MR) is 69.2 cm³/mol. The summed E-state index contributed by atoms with van der Waals surface area (Å²) in [6, 6.07) is 0.776. The van der Waals surface area contributed by atoms with Gasteiger partial charge in [-0.25, -0.2) is 8.78 Å². The molecule has 0 spiro atoms. The fourth-order valence-corrected chi connectivity index (χ4v) is 2.52. The highest BCUT2D eigenvalue weighted by Gasteiger charge is 2.41. The van der Waals surface area contributed by atoms with Gasteiger partial charge in [0.15, 0.2) is 5.58 Å². The van der Waals surface area contributed by atoms with Crippen LogP contribution in [0.5, 0.6) is 0 Å². The van der Waals surface area contributed by atoms with Crippen LogP contribution in [0.4, 0.5) is 20.2 Å². The number of alkyl halides is 2. The molecule has 2 heterocycles. The summed E-state index contributed by atoms with van der Waals surface area (Å²) in [5.74, 6) is -2.72. The van der Waals surface area contributed by atoms with Crippen LogP contribution in [0.3, 0.4) is 0 Å². The highest BCUT2D eigenvalue weighted by molar-refractivity contribution is 5.92. The molecule has 6 heteroatoms. The molecule has 1 atom stereocenters. The predicted octanol–water partition coefficient (Wildman–Crippen LogP) is 3.40. The lowest BCUT2D eigenvalue weighted by molar-refractivity contribution is -0.0448. The molecule has 2 aromatic rings. The van der Waals surface area contributed by atoms with Crippen molar-refractivity contribution >= 4 is 22.5 Å². The van der Waals surface area contributed by atoms with Crippen molar-refractivity contribution in [2.24, 2.45) is 0 Å². The molecule has 3 rings (SSSR count). The van der Waals surface area contributed by atoms with E-state index in [-0.39, 0.29) is 6.42 Å². The van der Waals surface area contributed by atoms with Gasteiger partial charge in [-0.3, -0.25) is 4.98 Å². The highest BCUT2D eigenvalue weighted by atomic mass is 19.3. The van der Waals surface area contributed by atoms with Gasteiger partial charge in [-0.05, 0) is 12.8 Å². The number of anilines is 2. The lowest BCUT2D eigenvalue weighted by Gasteiger charge is -2.32. The summed E-state index contributed by atoms with van der Waals surface area (Å²) in [6.45, 7) is 0. The first kappa shape index (κ1) is 12.2. The average Bonchev–Trinajstić information content (AvgIpc) is 2.83. The topological polar surface area (TPSA) is 64.1 Å². The summed E-state index contributed by atoms with van der Waals surface area (Å²) in [7, 11) is 0. The number of nitrogens with two attached hydrogens (primary N) is 1. The number of aromatic nitrogens is 1. The van der Waals surface area contributed by atoms with Crippen molar-refractivity contribution in [1.29, 1.82) is 0 Å². The second-order valence-electron chi connectivity index (χ2n) is 4.93. The van der Waals surface area contributed by atoms with Gasteiger partial charge in [0.2, 0.25) is 0 Å². The Kier molecular flexibility index (Phi) is 2.80. The molecule has 0 saturated heterocycles. The number of nitrogens with one attached hydrogen (secondary N) is 1. The van der Waals surface area contributed by atoms with Gasteiger partial charge in [0.25, 0.3) is 5.92 Å². The van der Waals surface area contributed by atoms with Crippen molar-refractivity contribution in [1.82, 2.24) is 4.98 Å². The fourth-order valence-electron chi connectivity index (χ4n) is 2.52. The Morgan fingerprint density at radius 1 is 1.42 bits per heavy atom. The van der Waals surface area contributed by atoms with Gasteiger partial charge < -0.3 is 15.5 Å². The molecule has 2 aromatic heterocycles. The maximum Gasteiger partial charge on any atom is 0.267 e. The van der Waals surface area contributed by atoms with Crippen molar-refractivity contribution in [3.05, 3.63) is 18.5 Å². The first-order valence-electron chi connectivity index (χ1n) is 6.34. The summed E-state index contributed by atoms with van der Waals surface area (Å²) in [5.41, 5.74) is 7.60. The van der Waals surface area contributed by atoms with E-state index in [9.17, 15) is 8.78 Å². The van der Waals surface area contributed by atoms with E-state index in [1.165, 1.54) is 12.5 Å². The first-order chi connectivity index (χ1) is 9.08. The number of furan rings is 1. The van der Waals surface area contributed by atoms with Crippen LogP contribution in [-0.2, 0) is 0 Å². The minimum absolute atomic E-state index is 0.0864. The van der Waals surface area contributed by atoms with E-state index >= 15 is 0 Å². The van der Waals surface area contributed by atoms with Crippen LogP contribution in [0.25, 0.3) is 11.1 Å². The minimum Gasteiger partial charge on any atom is -0.460 e. The maximum atomic E-state index is 13.9. The Balaban J connectivity index is 1.96. The Bertz CT molecular complexity index is 597. The standard InChI is InChI=1S/C13H15F2N3O/c14-13(15)5-2-1-3-10(13)18-11-8(16)7-17-9-4-6-19-12(9)11/h4,6-7,10H,1-3,5,16H2,(H,17,18). The summed E-state index contributed by atoms with van der Waals surface area (Å²) in [4.78, 5) is 4.08. The molecular formula is C13H15F2N3O. The third kappa shape index (κ3) is 2.11. The molecule has 3 N–H and O–H groups in total. The minimum atomic E-state index is -2.72. The van der Waals surface area contributed by atoms with Crippen LogP contribution in [0.15, 0.2) is 22.9 Å². The van der Waals surface area contributed by atoms with E-state index < -0.39 is 12.0 Å². The number of hydrogen-bond donors (Lipinski definition) is 2. The lowest BCUT2D eigenvalue weighted by Crippen LogP contribution is -2.42. The quantitative estimate of drug-likeness (QED) is 0.875. The van der Waals surface area contributed by atoms with Gasteiger partial charge in [0.1, 0.15) is 11.2 Å². The maximum absolute atomic E-state index is 13.9. The molecule has 0 amide bonds. The van der Waals surface area contributed by atoms with Gasteiger partial charge >= 0.3 is 0 Å². The van der Waals surface area contributed by atoms with Crippen molar-refractivity contribution in [3.63, 3.8) is 0 Å². The van der Waals surface area contributed by atoms with E-state index in [0.29, 0.717) is 35.3 Å². The number of hydrogen-bond acceptors (Lipinski definition) is 4. The molecule has 1 aliphatic carbocycles. The molecule has 1 unspecified atom stereocenters. The molecule has 0 aromatic carbocycles. The Morgan fingerprint density at radius 3 is 3.05 bits per heavy atom. The smallest absolute Gasteiger partial charge is 0.267 e. The van der Waals surface area contributed by atoms with E-state index in [4.69, 9.17) is 10.2 Å². The lowest BCUT2D eigenvalue weighted by atomic mass is 9.91. The van der Waals surface area contributed by atoms with Crippen molar-refractivity contribution < 1.29 is 13.2 Å². The fraction of sp³-hybridized carbons (Fsp3) is 0.462. The zero-order valence-corrected chi connectivity index (χ0v) is 10.3. The molecule has 1 aliphatic rings. The highest BCUT2D eigenvalue weighted by Crippen LogP contribution is 2.38. The van der Waals surface area contributed by atoms with Crippen LogP contribution in [0.1, 0.15) is 25.7 Å². The van der Waals surface area contributed by atoms with Crippen LogP contribution >= 0.6 is 0 Å². The Morgan fingerprint density at radius 2 is 2.26 bits per heavy atom. The normalized spacial score (nSPS) is 22.5. The molecule has 0 radical (unpaired) electrons. The molecule has 0 bridgehead atoms. The molecule has 1 saturated carbocycles. The second-order valence-corrected chi connectivity index (χ2v) is 4.93. The van der Waals surface area contributed by atoms with Crippen LogP contribution in [0, 0.1) is 0 Å². The van der Waals surface area contributed by atoms with E-state index in [1.54, 1.807) is 6.07 Å². The van der Waals surface area contributed by atoms with Crippen molar-refractivity contribution in [3.8, 4) is 0 Å². The van der Waals surface area contributed by atoms with Crippen molar-refractivity contribution in [2.45, 2.75) is 37.6 Å². The summed E-state index contributed by atoms with van der Waals surface area (Å²) in [6.07, 6.45) is 4.63.